The highest BCUT2D eigenvalue weighted by Gasteiger charge is 2.71. The zero-order valence-electron chi connectivity index (χ0n) is 11.6. The van der Waals surface area contributed by atoms with E-state index in [1.165, 1.54) is 12.3 Å². The normalized spacial score (nSPS) is 28.4. The zero-order valence-corrected chi connectivity index (χ0v) is 11.6. The molecule has 3 saturated carbocycles. The lowest BCUT2D eigenvalue weighted by Gasteiger charge is -2.68. The first-order valence-corrected chi connectivity index (χ1v) is 6.91. The molecule has 7 nitrogen and oxygen atoms in total. The minimum Gasteiger partial charge on any atom is -0.482 e. The van der Waals surface area contributed by atoms with Gasteiger partial charge in [0.05, 0.1) is 17.8 Å². The number of ether oxygens (including phenoxy) is 1. The van der Waals surface area contributed by atoms with Crippen molar-refractivity contribution < 1.29 is 18.3 Å². The Morgan fingerprint density at radius 2 is 2.18 bits per heavy atom. The summed E-state index contributed by atoms with van der Waals surface area (Å²) in [5.74, 6) is 0.754. The number of aromatic nitrogens is 3. The van der Waals surface area contributed by atoms with Crippen LogP contribution in [0.3, 0.4) is 0 Å². The van der Waals surface area contributed by atoms with Gasteiger partial charge < -0.3 is 14.5 Å². The molecule has 5 rings (SSSR count). The van der Waals surface area contributed by atoms with E-state index in [0.29, 0.717) is 17.5 Å². The smallest absolute Gasteiger partial charge is 0.253 e. The van der Waals surface area contributed by atoms with E-state index in [1.54, 1.807) is 0 Å². The summed E-state index contributed by atoms with van der Waals surface area (Å²) in [7, 11) is 0. The van der Waals surface area contributed by atoms with Crippen LogP contribution in [0.15, 0.2) is 22.9 Å². The molecule has 0 saturated heterocycles. The lowest BCUT2D eigenvalue weighted by molar-refractivity contribution is -0.131. The highest BCUT2D eigenvalue weighted by Crippen LogP contribution is 2.67. The molecule has 2 bridgehead atoms. The van der Waals surface area contributed by atoms with E-state index >= 15 is 0 Å². The van der Waals surface area contributed by atoms with Crippen molar-refractivity contribution in [2.45, 2.75) is 36.8 Å². The third kappa shape index (κ3) is 1.94. The first-order chi connectivity index (χ1) is 10.6. The van der Waals surface area contributed by atoms with Crippen molar-refractivity contribution >= 4 is 6.41 Å². The van der Waals surface area contributed by atoms with Gasteiger partial charge in [-0.1, -0.05) is 0 Å². The molecule has 0 atom stereocenters. The molecule has 8 heteroatoms. The maximum Gasteiger partial charge on any atom is 0.253 e. The van der Waals surface area contributed by atoms with Crippen molar-refractivity contribution in [3.8, 4) is 5.75 Å². The summed E-state index contributed by atoms with van der Waals surface area (Å²) in [6.07, 6.45) is 5.74. The molecule has 2 heterocycles. The maximum atomic E-state index is 13.0. The van der Waals surface area contributed by atoms with Gasteiger partial charge in [0.2, 0.25) is 12.3 Å². The van der Waals surface area contributed by atoms with Crippen LogP contribution in [0.5, 0.6) is 5.75 Å². The Labute approximate surface area is 124 Å². The molecule has 0 unspecified atom stereocenters. The fourth-order valence-electron chi connectivity index (χ4n) is 3.44. The van der Waals surface area contributed by atoms with Gasteiger partial charge in [0.25, 0.3) is 5.89 Å². The Morgan fingerprint density at radius 1 is 1.36 bits per heavy atom. The summed E-state index contributed by atoms with van der Waals surface area (Å²) < 4.78 is 24.0. The summed E-state index contributed by atoms with van der Waals surface area (Å²) in [5.41, 5.74) is -0.165. The number of amides is 1. The van der Waals surface area contributed by atoms with Crippen molar-refractivity contribution in [1.29, 1.82) is 0 Å². The summed E-state index contributed by atoms with van der Waals surface area (Å²) in [4.78, 5) is 14.2. The molecule has 3 aliphatic rings. The van der Waals surface area contributed by atoms with Crippen molar-refractivity contribution in [3.05, 3.63) is 36.1 Å². The van der Waals surface area contributed by atoms with E-state index < -0.39 is 5.82 Å². The Bertz CT molecular complexity index is 713. The van der Waals surface area contributed by atoms with Crippen LogP contribution in [0.2, 0.25) is 0 Å². The van der Waals surface area contributed by atoms with Crippen LogP contribution in [0, 0.1) is 5.82 Å². The lowest BCUT2D eigenvalue weighted by Crippen LogP contribution is -2.75. The number of rotatable bonds is 6. The maximum absolute atomic E-state index is 13.0. The average Bonchev–Trinajstić information content (AvgIpc) is 2.88. The monoisotopic (exact) mass is 304 g/mol. The van der Waals surface area contributed by atoms with Crippen LogP contribution in [0.25, 0.3) is 0 Å². The van der Waals surface area contributed by atoms with E-state index in [1.807, 2.05) is 0 Å². The van der Waals surface area contributed by atoms with Crippen LogP contribution < -0.4 is 10.1 Å². The minimum absolute atomic E-state index is 0.0615. The third-order valence-electron chi connectivity index (χ3n) is 4.36. The Morgan fingerprint density at radius 3 is 2.91 bits per heavy atom. The second-order valence-electron chi connectivity index (χ2n) is 5.98. The van der Waals surface area contributed by atoms with Gasteiger partial charge in [0.15, 0.2) is 6.61 Å². The van der Waals surface area contributed by atoms with Gasteiger partial charge in [-0.15, -0.1) is 10.2 Å². The Balaban J connectivity index is 1.38. The zero-order chi connectivity index (χ0) is 15.2. The average molecular weight is 304 g/mol. The summed E-state index contributed by atoms with van der Waals surface area (Å²) in [6.45, 7) is 0.0615. The minimum atomic E-state index is -0.467. The number of halogens is 1. The molecule has 0 spiro atoms. The van der Waals surface area contributed by atoms with E-state index in [4.69, 9.17) is 9.15 Å². The second kappa shape index (κ2) is 4.49. The number of hydrogen-bond donors (Lipinski definition) is 1. The number of hydrogen-bond acceptors (Lipinski definition) is 6. The fourth-order valence-corrected chi connectivity index (χ4v) is 3.44. The Kier molecular flexibility index (Phi) is 2.69. The Hall–Kier alpha value is -2.51. The van der Waals surface area contributed by atoms with Gasteiger partial charge in [-0.25, -0.2) is 4.39 Å². The van der Waals surface area contributed by atoms with Crippen LogP contribution in [-0.2, 0) is 16.8 Å². The van der Waals surface area contributed by atoms with E-state index in [0.717, 1.165) is 31.9 Å². The SMILES string of the molecule is O=CNC12CC(c3nnc(COc4cncc(F)c4)o3)(C1)C2. The topological polar surface area (TPSA) is 90.1 Å². The first-order valence-electron chi connectivity index (χ1n) is 6.91. The van der Waals surface area contributed by atoms with Gasteiger partial charge >= 0.3 is 0 Å². The molecule has 22 heavy (non-hydrogen) atoms. The van der Waals surface area contributed by atoms with Gasteiger partial charge in [0.1, 0.15) is 11.6 Å². The summed E-state index contributed by atoms with van der Waals surface area (Å²) >= 11 is 0. The second-order valence-corrected chi connectivity index (χ2v) is 5.98. The molecule has 0 aromatic carbocycles. The van der Waals surface area contributed by atoms with Crippen LogP contribution >= 0.6 is 0 Å². The highest BCUT2D eigenvalue weighted by atomic mass is 19.1. The van der Waals surface area contributed by atoms with E-state index in [9.17, 15) is 9.18 Å². The fraction of sp³-hybridized carbons (Fsp3) is 0.429. The van der Waals surface area contributed by atoms with Crippen molar-refractivity contribution in [3.63, 3.8) is 0 Å². The largest absolute Gasteiger partial charge is 0.482 e. The summed E-state index contributed by atoms with van der Waals surface area (Å²) in [6, 6.07) is 1.24. The number of pyridine rings is 1. The molecular weight excluding hydrogens is 291 g/mol. The highest BCUT2D eigenvalue weighted by molar-refractivity contribution is 5.52. The van der Waals surface area contributed by atoms with Crippen molar-refractivity contribution in [2.75, 3.05) is 0 Å². The standard InChI is InChI=1S/C14H13FN4O3/c15-9-1-10(3-16-2-9)21-4-11-18-19-12(22-11)13-5-14(6-13,7-13)17-8-20/h1-3,8H,4-7H2,(H,17,20). The molecule has 1 N–H and O–H groups in total. The van der Waals surface area contributed by atoms with Crippen molar-refractivity contribution in [2.24, 2.45) is 0 Å². The molecule has 3 aliphatic carbocycles. The van der Waals surface area contributed by atoms with Crippen LogP contribution in [0.1, 0.15) is 31.0 Å². The van der Waals surface area contributed by atoms with Gasteiger partial charge in [-0.3, -0.25) is 9.78 Å². The van der Waals surface area contributed by atoms with Crippen LogP contribution in [-0.4, -0.2) is 27.1 Å². The lowest BCUT2D eigenvalue weighted by atomic mass is 9.39. The number of carbonyl (C=O) groups excluding carboxylic acids is 1. The molecule has 114 valence electrons. The van der Waals surface area contributed by atoms with Gasteiger partial charge in [-0.05, 0) is 19.3 Å². The molecule has 2 aromatic rings. The molecule has 0 aliphatic heterocycles. The summed E-state index contributed by atoms with van der Waals surface area (Å²) in [5, 5.41) is 10.9. The predicted molar refractivity (Wildman–Crippen MR) is 70.3 cm³/mol. The van der Waals surface area contributed by atoms with Crippen LogP contribution in [0.4, 0.5) is 4.39 Å². The molecule has 3 fully saturated rings. The van der Waals surface area contributed by atoms with Crippen molar-refractivity contribution in [1.82, 2.24) is 20.5 Å². The quantitative estimate of drug-likeness (QED) is 0.804. The third-order valence-corrected chi connectivity index (χ3v) is 4.36. The van der Waals surface area contributed by atoms with Gasteiger partial charge in [0, 0.05) is 11.6 Å². The molecule has 1 amide bonds. The molecule has 0 radical (unpaired) electrons. The molecular formula is C14H13FN4O3. The van der Waals surface area contributed by atoms with E-state index in [-0.39, 0.29) is 17.6 Å². The number of carbonyl (C=O) groups is 1. The number of nitrogens with zero attached hydrogens (tertiary/aromatic N) is 3. The van der Waals surface area contributed by atoms with Gasteiger partial charge in [-0.2, -0.15) is 0 Å². The first kappa shape index (κ1) is 13.2. The predicted octanol–water partition coefficient (Wildman–Crippen LogP) is 1.10. The molecule has 2 aromatic heterocycles. The number of nitrogens with one attached hydrogen (secondary N) is 1. The van der Waals surface area contributed by atoms with E-state index in [2.05, 4.69) is 20.5 Å².